The summed E-state index contributed by atoms with van der Waals surface area (Å²) in [4.78, 5) is 16.3. The van der Waals surface area contributed by atoms with Crippen LogP contribution in [-0.4, -0.2) is 37.5 Å². The second-order valence-corrected chi connectivity index (χ2v) is 6.33. The lowest BCUT2D eigenvalue weighted by Gasteiger charge is -2.13. The topological polar surface area (TPSA) is 65.5 Å². The van der Waals surface area contributed by atoms with E-state index in [9.17, 15) is 9.18 Å². The second-order valence-electron chi connectivity index (χ2n) is 6.33. The summed E-state index contributed by atoms with van der Waals surface area (Å²) in [7, 11) is 0. The van der Waals surface area contributed by atoms with E-state index in [4.69, 9.17) is 0 Å². The first-order valence-corrected chi connectivity index (χ1v) is 9.24. The number of nitrogens with zero attached hydrogens (tertiary/aromatic N) is 1. The Balaban J connectivity index is 0.00000338. The third-order valence-electron chi connectivity index (χ3n) is 4.32. The average Bonchev–Trinajstić information content (AvgIpc) is 3.09. The Hall–Kier alpha value is -1.38. The molecule has 0 unspecified atom stereocenters. The molecule has 0 radical (unpaired) electrons. The molecule has 0 spiro atoms. The van der Waals surface area contributed by atoms with E-state index in [1.54, 1.807) is 12.1 Å². The van der Waals surface area contributed by atoms with Crippen molar-refractivity contribution in [3.63, 3.8) is 0 Å². The molecule has 3 N–H and O–H groups in total. The molecule has 0 aromatic heterocycles. The zero-order chi connectivity index (χ0) is 17.9. The first-order valence-electron chi connectivity index (χ1n) is 9.24. The summed E-state index contributed by atoms with van der Waals surface area (Å²) in [5.41, 5.74) is 0.682. The maximum atomic E-state index is 13.6. The molecule has 1 aromatic rings. The van der Waals surface area contributed by atoms with Gasteiger partial charge in [-0.25, -0.2) is 4.39 Å². The highest BCUT2D eigenvalue weighted by Crippen LogP contribution is 2.17. The van der Waals surface area contributed by atoms with Gasteiger partial charge in [0.2, 0.25) is 5.91 Å². The van der Waals surface area contributed by atoms with Crippen LogP contribution in [-0.2, 0) is 11.2 Å². The number of amides is 1. The summed E-state index contributed by atoms with van der Waals surface area (Å²) in [5, 5.41) is 9.39. The van der Waals surface area contributed by atoms with Crippen molar-refractivity contribution in [2.75, 3.05) is 19.6 Å². The van der Waals surface area contributed by atoms with Crippen LogP contribution < -0.4 is 16.0 Å². The first-order chi connectivity index (χ1) is 12.2. The van der Waals surface area contributed by atoms with Crippen LogP contribution in [0.3, 0.4) is 0 Å². The van der Waals surface area contributed by atoms with E-state index in [1.165, 1.54) is 18.9 Å². The minimum Gasteiger partial charge on any atom is -0.357 e. The number of halogens is 2. The Morgan fingerprint density at radius 3 is 2.65 bits per heavy atom. The molecule has 2 rings (SSSR count). The smallest absolute Gasteiger partial charge is 0.222 e. The number of benzene rings is 1. The molecule has 26 heavy (non-hydrogen) atoms. The summed E-state index contributed by atoms with van der Waals surface area (Å²) in [6, 6.07) is 7.13. The average molecular weight is 476 g/mol. The number of guanidine groups is 1. The van der Waals surface area contributed by atoms with Gasteiger partial charge in [-0.2, -0.15) is 0 Å². The standard InChI is InChI=1S/C19H29FN4O.HI/c1-2-21-19(22-13-11-15-7-3-6-10-17(15)20)23-14-12-18(25)24-16-8-4-5-9-16;/h3,6-7,10,16H,2,4-5,8-9,11-14H2,1H3,(H,24,25)(H2,21,22,23);1H. The maximum absolute atomic E-state index is 13.6. The van der Waals surface area contributed by atoms with Crippen LogP contribution in [0.5, 0.6) is 0 Å². The highest BCUT2D eigenvalue weighted by atomic mass is 127. The van der Waals surface area contributed by atoms with E-state index in [2.05, 4.69) is 20.9 Å². The Morgan fingerprint density at radius 2 is 1.96 bits per heavy atom. The first kappa shape index (κ1) is 22.7. The Kier molecular flexibility index (Phi) is 11.2. The SMILES string of the molecule is CCNC(=NCCC(=O)NC1CCCC1)NCCc1ccccc1F.I. The van der Waals surface area contributed by atoms with Gasteiger partial charge in [0, 0.05) is 25.6 Å². The highest BCUT2D eigenvalue weighted by Gasteiger charge is 2.16. The lowest BCUT2D eigenvalue weighted by Crippen LogP contribution is -2.39. The van der Waals surface area contributed by atoms with Crippen molar-refractivity contribution in [3.05, 3.63) is 35.6 Å². The van der Waals surface area contributed by atoms with E-state index in [-0.39, 0.29) is 35.7 Å². The molecular weight excluding hydrogens is 446 g/mol. The summed E-state index contributed by atoms with van der Waals surface area (Å²) in [6.45, 7) is 3.75. The maximum Gasteiger partial charge on any atom is 0.222 e. The summed E-state index contributed by atoms with van der Waals surface area (Å²) >= 11 is 0. The minimum absolute atomic E-state index is 0. The lowest BCUT2D eigenvalue weighted by atomic mass is 10.1. The van der Waals surface area contributed by atoms with Crippen molar-refractivity contribution < 1.29 is 9.18 Å². The number of hydrogen-bond donors (Lipinski definition) is 3. The molecule has 146 valence electrons. The van der Waals surface area contributed by atoms with Crippen LogP contribution in [0.25, 0.3) is 0 Å². The summed E-state index contributed by atoms with van der Waals surface area (Å²) in [5.74, 6) is 0.542. The molecule has 1 fully saturated rings. The predicted octanol–water partition coefficient (Wildman–Crippen LogP) is 2.99. The number of carbonyl (C=O) groups is 1. The van der Waals surface area contributed by atoms with Gasteiger partial charge in [0.05, 0.1) is 6.54 Å². The molecular formula is C19H30FIN4O. The Bertz CT molecular complexity index is 576. The molecule has 5 nitrogen and oxygen atoms in total. The highest BCUT2D eigenvalue weighted by molar-refractivity contribution is 14.0. The molecule has 0 aliphatic heterocycles. The Labute approximate surface area is 172 Å². The van der Waals surface area contributed by atoms with Gasteiger partial charge in [-0.05, 0) is 37.8 Å². The van der Waals surface area contributed by atoms with Crippen LogP contribution in [0, 0.1) is 5.82 Å². The summed E-state index contributed by atoms with van der Waals surface area (Å²) in [6.07, 6.45) is 5.57. The van der Waals surface area contributed by atoms with Gasteiger partial charge in [-0.15, -0.1) is 24.0 Å². The summed E-state index contributed by atoms with van der Waals surface area (Å²) < 4.78 is 13.6. The normalized spacial score (nSPS) is 14.6. The van der Waals surface area contributed by atoms with E-state index >= 15 is 0 Å². The number of aliphatic imine (C=N–C) groups is 1. The number of carbonyl (C=O) groups excluding carboxylic acids is 1. The molecule has 1 amide bonds. The van der Waals surface area contributed by atoms with Gasteiger partial charge in [-0.1, -0.05) is 31.0 Å². The zero-order valence-corrected chi connectivity index (χ0v) is 17.7. The van der Waals surface area contributed by atoms with Gasteiger partial charge in [0.1, 0.15) is 5.82 Å². The molecule has 1 saturated carbocycles. The minimum atomic E-state index is -0.185. The quantitative estimate of drug-likeness (QED) is 0.307. The third-order valence-corrected chi connectivity index (χ3v) is 4.32. The number of rotatable bonds is 8. The predicted molar refractivity (Wildman–Crippen MR) is 115 cm³/mol. The van der Waals surface area contributed by atoms with Gasteiger partial charge >= 0.3 is 0 Å². The molecule has 7 heteroatoms. The van der Waals surface area contributed by atoms with Gasteiger partial charge in [0.15, 0.2) is 5.96 Å². The molecule has 1 aliphatic rings. The Morgan fingerprint density at radius 1 is 1.23 bits per heavy atom. The molecule has 0 heterocycles. The zero-order valence-electron chi connectivity index (χ0n) is 15.4. The largest absolute Gasteiger partial charge is 0.357 e. The van der Waals surface area contributed by atoms with Crippen molar-refractivity contribution in [2.24, 2.45) is 4.99 Å². The van der Waals surface area contributed by atoms with Gasteiger partial charge < -0.3 is 16.0 Å². The van der Waals surface area contributed by atoms with E-state index < -0.39 is 0 Å². The van der Waals surface area contributed by atoms with E-state index in [0.29, 0.717) is 43.5 Å². The van der Waals surface area contributed by atoms with E-state index in [1.807, 2.05) is 13.0 Å². The fraction of sp³-hybridized carbons (Fsp3) is 0.579. The molecule has 0 saturated heterocycles. The van der Waals surface area contributed by atoms with Crippen molar-refractivity contribution >= 4 is 35.8 Å². The molecule has 0 bridgehead atoms. The van der Waals surface area contributed by atoms with Crippen molar-refractivity contribution in [1.82, 2.24) is 16.0 Å². The van der Waals surface area contributed by atoms with E-state index in [0.717, 1.165) is 19.4 Å². The molecule has 1 aliphatic carbocycles. The fourth-order valence-corrected chi connectivity index (χ4v) is 3.00. The molecule has 0 atom stereocenters. The van der Waals surface area contributed by atoms with Crippen molar-refractivity contribution in [1.29, 1.82) is 0 Å². The van der Waals surface area contributed by atoms with Crippen molar-refractivity contribution in [2.45, 2.75) is 51.5 Å². The second kappa shape index (κ2) is 12.9. The fourth-order valence-electron chi connectivity index (χ4n) is 3.00. The monoisotopic (exact) mass is 476 g/mol. The van der Waals surface area contributed by atoms with Crippen LogP contribution in [0.15, 0.2) is 29.3 Å². The van der Waals surface area contributed by atoms with Crippen LogP contribution >= 0.6 is 24.0 Å². The number of hydrogen-bond acceptors (Lipinski definition) is 2. The van der Waals surface area contributed by atoms with Crippen LogP contribution in [0.4, 0.5) is 4.39 Å². The molecule has 1 aromatic carbocycles. The van der Waals surface area contributed by atoms with Gasteiger partial charge in [-0.3, -0.25) is 9.79 Å². The lowest BCUT2D eigenvalue weighted by molar-refractivity contribution is -0.121. The van der Waals surface area contributed by atoms with Crippen LogP contribution in [0.2, 0.25) is 0 Å². The van der Waals surface area contributed by atoms with Crippen LogP contribution in [0.1, 0.15) is 44.6 Å². The van der Waals surface area contributed by atoms with Gasteiger partial charge in [0.25, 0.3) is 0 Å². The van der Waals surface area contributed by atoms with Crippen molar-refractivity contribution in [3.8, 4) is 0 Å². The third kappa shape index (κ3) is 8.33. The number of nitrogens with one attached hydrogen (secondary N) is 3.